The molecule has 1 aromatic heterocycles. The molecule has 1 aliphatic rings. The molecule has 1 heterocycles. The molecule has 0 radical (unpaired) electrons. The number of fused-ring (bicyclic) bond motifs is 1. The SMILES string of the molecule is OC1=C(c2nc3ccccc3n2-c2ccccc2)CCC=C1. The molecule has 0 saturated carbocycles. The van der Waals surface area contributed by atoms with Crippen molar-refractivity contribution in [3.05, 3.63) is 78.3 Å². The van der Waals surface area contributed by atoms with Crippen molar-refractivity contribution in [1.29, 1.82) is 0 Å². The number of hydrogen-bond donors (Lipinski definition) is 1. The molecule has 0 atom stereocenters. The molecule has 3 heteroatoms. The highest BCUT2D eigenvalue weighted by Crippen LogP contribution is 2.31. The van der Waals surface area contributed by atoms with Crippen molar-refractivity contribution >= 4 is 16.6 Å². The lowest BCUT2D eigenvalue weighted by Gasteiger charge is -2.14. The molecule has 0 amide bonds. The van der Waals surface area contributed by atoms with E-state index in [1.54, 1.807) is 6.08 Å². The van der Waals surface area contributed by atoms with Gasteiger partial charge in [0.2, 0.25) is 0 Å². The quantitative estimate of drug-likeness (QED) is 0.745. The van der Waals surface area contributed by atoms with Gasteiger partial charge >= 0.3 is 0 Å². The molecule has 1 N–H and O–H groups in total. The van der Waals surface area contributed by atoms with E-state index in [1.807, 2.05) is 42.5 Å². The number of nitrogens with zero attached hydrogens (tertiary/aromatic N) is 2. The number of para-hydroxylation sites is 3. The molecule has 3 nitrogen and oxygen atoms in total. The van der Waals surface area contributed by atoms with Gasteiger partial charge in [0, 0.05) is 11.3 Å². The van der Waals surface area contributed by atoms with E-state index in [4.69, 9.17) is 4.98 Å². The summed E-state index contributed by atoms with van der Waals surface area (Å²) >= 11 is 0. The maximum atomic E-state index is 10.3. The zero-order valence-corrected chi connectivity index (χ0v) is 12.1. The third-order valence-corrected chi connectivity index (χ3v) is 3.99. The lowest BCUT2D eigenvalue weighted by Crippen LogP contribution is -2.04. The number of hydrogen-bond acceptors (Lipinski definition) is 2. The van der Waals surface area contributed by atoms with Crippen molar-refractivity contribution in [2.75, 3.05) is 0 Å². The van der Waals surface area contributed by atoms with E-state index >= 15 is 0 Å². The summed E-state index contributed by atoms with van der Waals surface area (Å²) in [6, 6.07) is 18.2. The van der Waals surface area contributed by atoms with Crippen LogP contribution in [0.25, 0.3) is 22.3 Å². The number of aliphatic hydroxyl groups excluding tert-OH is 1. The van der Waals surface area contributed by atoms with E-state index in [-0.39, 0.29) is 0 Å². The predicted octanol–water partition coefficient (Wildman–Crippen LogP) is 4.64. The van der Waals surface area contributed by atoms with E-state index < -0.39 is 0 Å². The van der Waals surface area contributed by atoms with Crippen LogP contribution >= 0.6 is 0 Å². The molecule has 3 aromatic rings. The Morgan fingerprint density at radius 2 is 1.73 bits per heavy atom. The van der Waals surface area contributed by atoms with Gasteiger partial charge in [0.15, 0.2) is 0 Å². The molecular weight excluding hydrogens is 272 g/mol. The van der Waals surface area contributed by atoms with Gasteiger partial charge in [0.25, 0.3) is 0 Å². The molecule has 0 aliphatic heterocycles. The molecule has 0 spiro atoms. The Balaban J connectivity index is 2.05. The largest absolute Gasteiger partial charge is 0.508 e. The number of aromatic nitrogens is 2. The smallest absolute Gasteiger partial charge is 0.145 e. The Hall–Kier alpha value is -2.81. The van der Waals surface area contributed by atoms with Gasteiger partial charge in [-0.05, 0) is 43.2 Å². The highest BCUT2D eigenvalue weighted by molar-refractivity contribution is 5.83. The number of aliphatic hydroxyl groups is 1. The molecular formula is C19H16N2O. The van der Waals surface area contributed by atoms with Gasteiger partial charge in [-0.15, -0.1) is 0 Å². The molecule has 0 fully saturated rings. The topological polar surface area (TPSA) is 38.1 Å². The minimum atomic E-state index is 0.318. The molecule has 0 saturated heterocycles. The first kappa shape index (κ1) is 12.9. The maximum absolute atomic E-state index is 10.3. The number of benzene rings is 2. The summed E-state index contributed by atoms with van der Waals surface area (Å²) in [5, 5.41) is 10.3. The van der Waals surface area contributed by atoms with Gasteiger partial charge in [-0.1, -0.05) is 36.4 Å². The average Bonchev–Trinajstić information content (AvgIpc) is 2.95. The second-order valence-corrected chi connectivity index (χ2v) is 5.40. The molecule has 1 aliphatic carbocycles. The van der Waals surface area contributed by atoms with Crippen LogP contribution in [0.3, 0.4) is 0 Å². The third kappa shape index (κ3) is 2.02. The second-order valence-electron chi connectivity index (χ2n) is 5.40. The summed E-state index contributed by atoms with van der Waals surface area (Å²) in [5.74, 6) is 1.15. The van der Waals surface area contributed by atoms with Crippen molar-refractivity contribution in [2.45, 2.75) is 12.8 Å². The third-order valence-electron chi connectivity index (χ3n) is 3.99. The first-order valence-corrected chi connectivity index (χ1v) is 7.46. The van der Waals surface area contributed by atoms with Crippen LogP contribution in [-0.2, 0) is 0 Å². The highest BCUT2D eigenvalue weighted by Gasteiger charge is 2.19. The summed E-state index contributed by atoms with van der Waals surface area (Å²) in [5.41, 5.74) is 3.96. The van der Waals surface area contributed by atoms with Crippen LogP contribution in [0.15, 0.2) is 72.5 Å². The zero-order valence-electron chi connectivity index (χ0n) is 12.1. The molecule has 22 heavy (non-hydrogen) atoms. The molecule has 4 rings (SSSR count). The predicted molar refractivity (Wildman–Crippen MR) is 89.0 cm³/mol. The summed E-state index contributed by atoms with van der Waals surface area (Å²) < 4.78 is 2.13. The van der Waals surface area contributed by atoms with Crippen molar-refractivity contribution in [1.82, 2.24) is 9.55 Å². The lowest BCUT2D eigenvalue weighted by molar-refractivity contribution is 0.430. The van der Waals surface area contributed by atoms with Gasteiger partial charge in [-0.2, -0.15) is 0 Å². The molecule has 0 unspecified atom stereocenters. The van der Waals surface area contributed by atoms with Crippen LogP contribution in [0.1, 0.15) is 18.7 Å². The Labute approximate surface area is 128 Å². The summed E-state index contributed by atoms with van der Waals surface area (Å²) in [4.78, 5) is 4.77. The molecule has 108 valence electrons. The Bertz CT molecular complexity index is 888. The van der Waals surface area contributed by atoms with Crippen LogP contribution in [0.2, 0.25) is 0 Å². The fourth-order valence-corrected chi connectivity index (χ4v) is 2.94. The van der Waals surface area contributed by atoms with Crippen LogP contribution in [-0.4, -0.2) is 14.7 Å². The summed E-state index contributed by atoms with van der Waals surface area (Å²) in [6.45, 7) is 0. The fourth-order valence-electron chi connectivity index (χ4n) is 2.94. The lowest BCUT2D eigenvalue weighted by atomic mass is 10.0. The van der Waals surface area contributed by atoms with E-state index in [1.165, 1.54) is 0 Å². The number of imidazole rings is 1. The molecule has 0 bridgehead atoms. The number of allylic oxidation sites excluding steroid dienone is 3. The van der Waals surface area contributed by atoms with E-state index in [2.05, 4.69) is 22.8 Å². The van der Waals surface area contributed by atoms with Gasteiger partial charge in [-0.25, -0.2) is 4.98 Å². The van der Waals surface area contributed by atoms with E-state index in [0.29, 0.717) is 5.76 Å². The van der Waals surface area contributed by atoms with Crippen LogP contribution in [0.5, 0.6) is 0 Å². The Morgan fingerprint density at radius 3 is 2.55 bits per heavy atom. The van der Waals surface area contributed by atoms with Crippen molar-refractivity contribution < 1.29 is 5.11 Å². The highest BCUT2D eigenvalue weighted by atomic mass is 16.3. The normalized spacial score (nSPS) is 14.7. The van der Waals surface area contributed by atoms with Gasteiger partial charge in [0.05, 0.1) is 11.0 Å². The first-order valence-electron chi connectivity index (χ1n) is 7.46. The first-order chi connectivity index (χ1) is 10.8. The molecule has 2 aromatic carbocycles. The van der Waals surface area contributed by atoms with Crippen molar-refractivity contribution in [3.63, 3.8) is 0 Å². The average molecular weight is 288 g/mol. The second kappa shape index (κ2) is 5.19. The van der Waals surface area contributed by atoms with Crippen molar-refractivity contribution in [3.8, 4) is 5.69 Å². The Morgan fingerprint density at radius 1 is 0.955 bits per heavy atom. The monoisotopic (exact) mass is 288 g/mol. The summed E-state index contributed by atoms with van der Waals surface area (Å²) in [6.07, 6.45) is 5.50. The van der Waals surface area contributed by atoms with Crippen LogP contribution in [0.4, 0.5) is 0 Å². The van der Waals surface area contributed by atoms with Crippen LogP contribution < -0.4 is 0 Å². The van der Waals surface area contributed by atoms with E-state index in [9.17, 15) is 5.11 Å². The summed E-state index contributed by atoms with van der Waals surface area (Å²) in [7, 11) is 0. The van der Waals surface area contributed by atoms with Crippen LogP contribution in [0, 0.1) is 0 Å². The van der Waals surface area contributed by atoms with Gasteiger partial charge in [0.1, 0.15) is 11.6 Å². The Kier molecular flexibility index (Phi) is 3.04. The van der Waals surface area contributed by atoms with Gasteiger partial charge < -0.3 is 5.11 Å². The van der Waals surface area contributed by atoms with Crippen molar-refractivity contribution in [2.24, 2.45) is 0 Å². The maximum Gasteiger partial charge on any atom is 0.145 e. The fraction of sp³-hybridized carbons (Fsp3) is 0.105. The zero-order chi connectivity index (χ0) is 14.9. The standard InChI is InChI=1S/C19H16N2O/c22-18-13-7-4-10-15(18)19-20-16-11-5-6-12-17(16)21(19)14-8-2-1-3-9-14/h1-3,5-9,11-13,22H,4,10H2. The van der Waals surface area contributed by atoms with Gasteiger partial charge in [-0.3, -0.25) is 4.57 Å². The number of rotatable bonds is 2. The minimum Gasteiger partial charge on any atom is -0.508 e. The van der Waals surface area contributed by atoms with E-state index in [0.717, 1.165) is 41.0 Å². The minimum absolute atomic E-state index is 0.318.